The number of alkyl halides is 3. The second-order valence-electron chi connectivity index (χ2n) is 3.82. The van der Waals surface area contributed by atoms with Crippen LogP contribution in [0.25, 0.3) is 10.9 Å². The minimum Gasteiger partial charge on any atom is -0.349 e. The fourth-order valence-corrected chi connectivity index (χ4v) is 1.75. The summed E-state index contributed by atoms with van der Waals surface area (Å²) in [6.45, 7) is 0. The Bertz CT molecular complexity index is 723. The summed E-state index contributed by atoms with van der Waals surface area (Å²) in [6.07, 6.45) is -3.21. The van der Waals surface area contributed by atoms with Gasteiger partial charge in [0.05, 0.1) is 11.1 Å². The van der Waals surface area contributed by atoms with Gasteiger partial charge in [-0.25, -0.2) is 0 Å². The van der Waals surface area contributed by atoms with Crippen molar-refractivity contribution in [2.24, 2.45) is 7.05 Å². The molecule has 0 unspecified atom stereocenters. The smallest absolute Gasteiger partial charge is 0.349 e. The van der Waals surface area contributed by atoms with Crippen LogP contribution in [-0.4, -0.2) is 4.57 Å². The van der Waals surface area contributed by atoms with Crippen LogP contribution in [0.3, 0.4) is 0 Å². The Kier molecular flexibility index (Phi) is 2.62. The maximum absolute atomic E-state index is 12.6. The molecular formula is C12H7F3N2O. The normalized spacial score (nSPS) is 11.5. The number of pyridine rings is 1. The molecule has 0 radical (unpaired) electrons. The lowest BCUT2D eigenvalue weighted by Gasteiger charge is -2.10. The Hall–Kier alpha value is -2.29. The first-order valence-electron chi connectivity index (χ1n) is 4.95. The molecule has 3 nitrogen and oxygen atoms in total. The third-order valence-electron chi connectivity index (χ3n) is 2.64. The molecule has 6 heteroatoms. The Morgan fingerprint density at radius 2 is 2.00 bits per heavy atom. The molecule has 2 rings (SSSR count). The number of hydrogen-bond donors (Lipinski definition) is 0. The SMILES string of the molecule is Cn1cc(C#N)c(=O)c2cc(C(F)(F)F)ccc21. The van der Waals surface area contributed by atoms with Crippen molar-refractivity contribution >= 4 is 10.9 Å². The van der Waals surface area contributed by atoms with Crippen LogP contribution in [0.1, 0.15) is 11.1 Å². The van der Waals surface area contributed by atoms with Gasteiger partial charge in [-0.2, -0.15) is 18.4 Å². The van der Waals surface area contributed by atoms with Gasteiger partial charge in [0, 0.05) is 18.6 Å². The molecule has 0 atom stereocenters. The van der Waals surface area contributed by atoms with Crippen molar-refractivity contribution < 1.29 is 13.2 Å². The Labute approximate surface area is 99.7 Å². The summed E-state index contributed by atoms with van der Waals surface area (Å²) in [5, 5.41) is 8.64. The predicted molar refractivity (Wildman–Crippen MR) is 58.9 cm³/mol. The van der Waals surface area contributed by atoms with E-state index in [1.54, 1.807) is 13.1 Å². The number of aryl methyl sites for hydroxylation is 1. The van der Waals surface area contributed by atoms with E-state index >= 15 is 0 Å². The third-order valence-corrected chi connectivity index (χ3v) is 2.64. The van der Waals surface area contributed by atoms with Crippen LogP contribution >= 0.6 is 0 Å². The van der Waals surface area contributed by atoms with E-state index in [9.17, 15) is 18.0 Å². The minimum atomic E-state index is -4.51. The summed E-state index contributed by atoms with van der Waals surface area (Å²) >= 11 is 0. The van der Waals surface area contributed by atoms with Crippen molar-refractivity contribution in [2.45, 2.75) is 6.18 Å². The van der Waals surface area contributed by atoms with Crippen molar-refractivity contribution in [1.29, 1.82) is 5.26 Å². The van der Waals surface area contributed by atoms with E-state index in [0.29, 0.717) is 5.52 Å². The highest BCUT2D eigenvalue weighted by Crippen LogP contribution is 2.30. The molecule has 1 aromatic carbocycles. The topological polar surface area (TPSA) is 45.8 Å². The molecule has 0 fully saturated rings. The summed E-state index contributed by atoms with van der Waals surface area (Å²) in [4.78, 5) is 11.8. The molecule has 0 saturated heterocycles. The molecule has 0 aliphatic carbocycles. The highest BCUT2D eigenvalue weighted by molar-refractivity contribution is 5.81. The van der Waals surface area contributed by atoms with Crippen LogP contribution in [-0.2, 0) is 13.2 Å². The molecule has 2 aromatic rings. The molecule has 18 heavy (non-hydrogen) atoms. The fourth-order valence-electron chi connectivity index (χ4n) is 1.75. The van der Waals surface area contributed by atoms with Crippen LogP contribution in [0, 0.1) is 11.3 Å². The van der Waals surface area contributed by atoms with Crippen LogP contribution in [0.4, 0.5) is 13.2 Å². The lowest BCUT2D eigenvalue weighted by Crippen LogP contribution is -2.13. The molecule has 92 valence electrons. The molecule has 0 bridgehead atoms. The van der Waals surface area contributed by atoms with Crippen molar-refractivity contribution in [3.63, 3.8) is 0 Å². The van der Waals surface area contributed by atoms with E-state index in [1.807, 2.05) is 0 Å². The third kappa shape index (κ3) is 1.84. The zero-order valence-electron chi connectivity index (χ0n) is 9.25. The predicted octanol–water partition coefficient (Wildman–Crippen LogP) is 2.43. The molecule has 0 saturated carbocycles. The zero-order chi connectivity index (χ0) is 13.5. The number of rotatable bonds is 0. The van der Waals surface area contributed by atoms with Gasteiger partial charge in [-0.15, -0.1) is 0 Å². The second kappa shape index (κ2) is 3.88. The summed E-state index contributed by atoms with van der Waals surface area (Å²) in [7, 11) is 1.57. The van der Waals surface area contributed by atoms with Crippen molar-refractivity contribution in [1.82, 2.24) is 4.57 Å². The molecular weight excluding hydrogens is 245 g/mol. The Morgan fingerprint density at radius 1 is 1.33 bits per heavy atom. The Morgan fingerprint density at radius 3 is 2.56 bits per heavy atom. The van der Waals surface area contributed by atoms with Gasteiger partial charge in [-0.3, -0.25) is 4.79 Å². The molecule has 1 aromatic heterocycles. The van der Waals surface area contributed by atoms with Crippen LogP contribution in [0.2, 0.25) is 0 Å². The number of fused-ring (bicyclic) bond motifs is 1. The second-order valence-corrected chi connectivity index (χ2v) is 3.82. The largest absolute Gasteiger partial charge is 0.416 e. The van der Waals surface area contributed by atoms with E-state index in [0.717, 1.165) is 12.1 Å². The van der Waals surface area contributed by atoms with Gasteiger partial charge < -0.3 is 4.57 Å². The molecule has 1 heterocycles. The first kappa shape index (κ1) is 12.2. The van der Waals surface area contributed by atoms with Crippen LogP contribution < -0.4 is 5.43 Å². The maximum Gasteiger partial charge on any atom is 0.416 e. The molecule has 0 aliphatic rings. The summed E-state index contributed by atoms with van der Waals surface area (Å²) in [5.41, 5.74) is -1.41. The van der Waals surface area contributed by atoms with Gasteiger partial charge in [-0.1, -0.05) is 0 Å². The molecule has 0 aliphatic heterocycles. The minimum absolute atomic E-state index is 0.105. The van der Waals surface area contributed by atoms with Crippen LogP contribution in [0.5, 0.6) is 0 Å². The van der Waals surface area contributed by atoms with Crippen molar-refractivity contribution in [3.05, 3.63) is 45.7 Å². The first-order valence-corrected chi connectivity index (χ1v) is 4.95. The average Bonchev–Trinajstić information content (AvgIpc) is 2.32. The van der Waals surface area contributed by atoms with Gasteiger partial charge in [0.25, 0.3) is 0 Å². The van der Waals surface area contributed by atoms with E-state index < -0.39 is 17.2 Å². The number of benzene rings is 1. The zero-order valence-corrected chi connectivity index (χ0v) is 9.25. The summed E-state index contributed by atoms with van der Waals surface area (Å²) in [6, 6.07) is 4.58. The standard InChI is InChI=1S/C12H7F3N2O/c1-17-6-7(5-16)11(18)9-4-8(12(13,14)15)2-3-10(9)17/h2-4,6H,1H3. The highest BCUT2D eigenvalue weighted by Gasteiger charge is 2.30. The molecule has 0 amide bonds. The van der Waals surface area contributed by atoms with Gasteiger partial charge >= 0.3 is 6.18 Å². The lowest BCUT2D eigenvalue weighted by atomic mass is 10.1. The van der Waals surface area contributed by atoms with E-state index in [2.05, 4.69) is 0 Å². The Balaban J connectivity index is 2.89. The molecule has 0 N–H and O–H groups in total. The summed E-state index contributed by atoms with van der Waals surface area (Å²) in [5.74, 6) is 0. The van der Waals surface area contributed by atoms with Gasteiger partial charge in [0.1, 0.15) is 11.6 Å². The quantitative estimate of drug-likeness (QED) is 0.722. The van der Waals surface area contributed by atoms with E-state index in [1.165, 1.54) is 16.8 Å². The monoisotopic (exact) mass is 252 g/mol. The van der Waals surface area contributed by atoms with Crippen LogP contribution in [0.15, 0.2) is 29.2 Å². The van der Waals surface area contributed by atoms with Gasteiger partial charge in [0.15, 0.2) is 0 Å². The van der Waals surface area contributed by atoms with Gasteiger partial charge in [-0.05, 0) is 18.2 Å². The van der Waals surface area contributed by atoms with E-state index in [4.69, 9.17) is 5.26 Å². The highest BCUT2D eigenvalue weighted by atomic mass is 19.4. The number of aromatic nitrogens is 1. The van der Waals surface area contributed by atoms with Gasteiger partial charge in [0.2, 0.25) is 5.43 Å². The van der Waals surface area contributed by atoms with Crippen molar-refractivity contribution in [3.8, 4) is 6.07 Å². The number of halogens is 3. The average molecular weight is 252 g/mol. The van der Waals surface area contributed by atoms with Crippen molar-refractivity contribution in [2.75, 3.05) is 0 Å². The number of nitrogens with zero attached hydrogens (tertiary/aromatic N) is 2. The maximum atomic E-state index is 12.6. The summed E-state index contributed by atoms with van der Waals surface area (Å²) < 4.78 is 39.1. The first-order chi connectivity index (χ1) is 8.34. The lowest BCUT2D eigenvalue weighted by molar-refractivity contribution is -0.137. The fraction of sp³-hybridized carbons (Fsp3) is 0.167. The number of hydrogen-bond acceptors (Lipinski definition) is 2. The number of nitriles is 1. The van der Waals surface area contributed by atoms with E-state index in [-0.39, 0.29) is 10.9 Å². The molecule has 0 spiro atoms.